The van der Waals surface area contributed by atoms with E-state index in [0.717, 1.165) is 0 Å². The molecular formula is C19H41IOSi. The molecule has 0 bridgehead atoms. The van der Waals surface area contributed by atoms with Crippen LogP contribution in [0.1, 0.15) is 91.9 Å². The SMILES string of the molecule is CCCCCCCCCCC(CCI)O[Si](C)(C)C(C)(C)C. The van der Waals surface area contributed by atoms with Crippen LogP contribution < -0.4 is 0 Å². The van der Waals surface area contributed by atoms with Gasteiger partial charge in [-0.15, -0.1) is 0 Å². The molecule has 0 aliphatic carbocycles. The lowest BCUT2D eigenvalue weighted by molar-refractivity contribution is 0.165. The van der Waals surface area contributed by atoms with Crippen LogP contribution in [-0.4, -0.2) is 18.8 Å². The smallest absolute Gasteiger partial charge is 0.192 e. The summed E-state index contributed by atoms with van der Waals surface area (Å²) in [5, 5.41) is 0.329. The van der Waals surface area contributed by atoms with Crippen molar-refractivity contribution in [3.8, 4) is 0 Å². The van der Waals surface area contributed by atoms with E-state index >= 15 is 0 Å². The molecule has 0 fully saturated rings. The van der Waals surface area contributed by atoms with Crippen molar-refractivity contribution in [3.63, 3.8) is 0 Å². The average Bonchev–Trinajstić information content (AvgIpc) is 2.40. The zero-order valence-electron chi connectivity index (χ0n) is 16.1. The molecule has 0 aliphatic rings. The van der Waals surface area contributed by atoms with E-state index in [1.807, 2.05) is 0 Å². The van der Waals surface area contributed by atoms with Gasteiger partial charge >= 0.3 is 0 Å². The van der Waals surface area contributed by atoms with E-state index in [9.17, 15) is 0 Å². The number of hydrogen-bond donors (Lipinski definition) is 0. The van der Waals surface area contributed by atoms with Gasteiger partial charge in [0, 0.05) is 10.5 Å². The maximum Gasteiger partial charge on any atom is 0.192 e. The summed E-state index contributed by atoms with van der Waals surface area (Å²) in [6, 6.07) is 0. The van der Waals surface area contributed by atoms with Crippen LogP contribution >= 0.6 is 22.6 Å². The van der Waals surface area contributed by atoms with Gasteiger partial charge in [0.05, 0.1) is 0 Å². The highest BCUT2D eigenvalue weighted by molar-refractivity contribution is 14.1. The van der Waals surface area contributed by atoms with Gasteiger partial charge in [0.1, 0.15) is 0 Å². The van der Waals surface area contributed by atoms with Gasteiger partial charge in [-0.05, 0) is 31.0 Å². The Morgan fingerprint density at radius 3 is 1.82 bits per heavy atom. The highest BCUT2D eigenvalue weighted by Crippen LogP contribution is 2.38. The molecule has 0 N–H and O–H groups in total. The Kier molecular flexibility index (Phi) is 12.8. The van der Waals surface area contributed by atoms with Crippen molar-refractivity contribution in [2.45, 2.75) is 116 Å². The maximum absolute atomic E-state index is 6.64. The summed E-state index contributed by atoms with van der Waals surface area (Å²) in [6.07, 6.45) is 14.2. The second-order valence-corrected chi connectivity index (χ2v) is 14.1. The van der Waals surface area contributed by atoms with Gasteiger partial charge < -0.3 is 4.43 Å². The van der Waals surface area contributed by atoms with Crippen LogP contribution in [0.15, 0.2) is 0 Å². The van der Waals surface area contributed by atoms with E-state index < -0.39 is 8.32 Å². The van der Waals surface area contributed by atoms with Crippen molar-refractivity contribution in [1.82, 2.24) is 0 Å². The molecule has 0 radical (unpaired) electrons. The molecule has 22 heavy (non-hydrogen) atoms. The standard InChI is InChI=1S/C19H41IOSi/c1-7-8-9-10-11-12-13-14-15-18(16-17-20)21-22(5,6)19(2,3)4/h18H,7-17H2,1-6H3. The fourth-order valence-corrected chi connectivity index (χ4v) is 4.60. The van der Waals surface area contributed by atoms with E-state index in [2.05, 4.69) is 63.4 Å². The Morgan fingerprint density at radius 1 is 0.864 bits per heavy atom. The van der Waals surface area contributed by atoms with Crippen LogP contribution in [0.3, 0.4) is 0 Å². The van der Waals surface area contributed by atoms with Gasteiger partial charge in [0.15, 0.2) is 8.32 Å². The molecule has 0 aromatic rings. The lowest BCUT2D eigenvalue weighted by Gasteiger charge is -2.39. The second kappa shape index (κ2) is 12.3. The number of halogens is 1. The molecule has 0 aromatic heterocycles. The molecule has 1 unspecified atom stereocenters. The molecule has 0 spiro atoms. The van der Waals surface area contributed by atoms with Crippen LogP contribution in [0.2, 0.25) is 18.1 Å². The number of unbranched alkanes of at least 4 members (excludes halogenated alkanes) is 7. The zero-order valence-corrected chi connectivity index (χ0v) is 19.3. The number of hydrogen-bond acceptors (Lipinski definition) is 1. The fraction of sp³-hybridized carbons (Fsp3) is 1.00. The summed E-state index contributed by atoms with van der Waals surface area (Å²) in [5.74, 6) is 0. The Hall–Kier alpha value is 0.907. The Balaban J connectivity index is 3.96. The number of alkyl halides is 1. The topological polar surface area (TPSA) is 9.23 Å². The van der Waals surface area contributed by atoms with E-state index in [1.165, 1.54) is 68.6 Å². The predicted octanol–water partition coefficient (Wildman–Crippen LogP) is 7.73. The molecule has 0 aliphatic heterocycles. The highest BCUT2D eigenvalue weighted by atomic mass is 127. The molecule has 0 rings (SSSR count). The van der Waals surface area contributed by atoms with Crippen LogP contribution in [0, 0.1) is 0 Å². The molecule has 0 heterocycles. The molecule has 1 atom stereocenters. The van der Waals surface area contributed by atoms with Crippen molar-refractivity contribution in [2.75, 3.05) is 4.43 Å². The molecule has 0 saturated heterocycles. The molecule has 0 saturated carbocycles. The van der Waals surface area contributed by atoms with Gasteiger partial charge in [-0.25, -0.2) is 0 Å². The molecule has 134 valence electrons. The largest absolute Gasteiger partial charge is 0.414 e. The number of rotatable bonds is 13. The minimum absolute atomic E-state index is 0.329. The van der Waals surface area contributed by atoms with Crippen molar-refractivity contribution in [1.29, 1.82) is 0 Å². The first-order valence-electron chi connectivity index (χ1n) is 9.48. The molecule has 0 amide bonds. The summed E-state index contributed by atoms with van der Waals surface area (Å²) in [7, 11) is -1.60. The lowest BCUT2D eigenvalue weighted by Crippen LogP contribution is -2.44. The summed E-state index contributed by atoms with van der Waals surface area (Å²) in [5.41, 5.74) is 0. The van der Waals surface area contributed by atoms with Crippen molar-refractivity contribution in [2.24, 2.45) is 0 Å². The van der Waals surface area contributed by atoms with E-state index in [-0.39, 0.29) is 0 Å². The minimum atomic E-state index is -1.60. The van der Waals surface area contributed by atoms with Crippen molar-refractivity contribution >= 4 is 30.9 Å². The minimum Gasteiger partial charge on any atom is -0.414 e. The fourth-order valence-electron chi connectivity index (χ4n) is 2.48. The quantitative estimate of drug-likeness (QED) is 0.123. The Labute approximate surface area is 155 Å². The summed E-state index contributed by atoms with van der Waals surface area (Å²) >= 11 is 2.50. The first kappa shape index (κ1) is 22.9. The normalized spacial score (nSPS) is 14.3. The molecule has 1 nitrogen and oxygen atoms in total. The maximum atomic E-state index is 6.64. The first-order chi connectivity index (χ1) is 10.2. The Morgan fingerprint density at radius 2 is 1.36 bits per heavy atom. The Bertz CT molecular complexity index is 261. The molecule has 3 heteroatoms. The lowest BCUT2D eigenvalue weighted by atomic mass is 10.0. The first-order valence-corrected chi connectivity index (χ1v) is 13.9. The highest BCUT2D eigenvalue weighted by Gasteiger charge is 2.38. The van der Waals surface area contributed by atoms with Crippen LogP contribution in [0.25, 0.3) is 0 Å². The second-order valence-electron chi connectivity index (χ2n) is 8.24. The predicted molar refractivity (Wildman–Crippen MR) is 113 cm³/mol. The van der Waals surface area contributed by atoms with Gasteiger partial charge in [0.2, 0.25) is 0 Å². The average molecular weight is 441 g/mol. The third-order valence-corrected chi connectivity index (χ3v) is 10.2. The van der Waals surface area contributed by atoms with E-state index in [1.54, 1.807) is 0 Å². The summed E-state index contributed by atoms with van der Waals surface area (Å²) in [4.78, 5) is 0. The third kappa shape index (κ3) is 10.6. The van der Waals surface area contributed by atoms with Crippen LogP contribution in [-0.2, 0) is 4.43 Å². The van der Waals surface area contributed by atoms with Gasteiger partial charge in [-0.1, -0.05) is 102 Å². The van der Waals surface area contributed by atoms with Crippen molar-refractivity contribution < 1.29 is 4.43 Å². The van der Waals surface area contributed by atoms with Gasteiger partial charge in [-0.2, -0.15) is 0 Å². The monoisotopic (exact) mass is 440 g/mol. The molecule has 0 aromatic carbocycles. The van der Waals surface area contributed by atoms with Gasteiger partial charge in [0.25, 0.3) is 0 Å². The van der Waals surface area contributed by atoms with Crippen LogP contribution in [0.4, 0.5) is 0 Å². The van der Waals surface area contributed by atoms with Gasteiger partial charge in [-0.3, -0.25) is 0 Å². The van der Waals surface area contributed by atoms with E-state index in [0.29, 0.717) is 11.1 Å². The summed E-state index contributed by atoms with van der Waals surface area (Å²) < 4.78 is 7.85. The van der Waals surface area contributed by atoms with E-state index in [4.69, 9.17) is 4.43 Å². The third-order valence-electron chi connectivity index (χ3n) is 5.08. The van der Waals surface area contributed by atoms with Crippen molar-refractivity contribution in [3.05, 3.63) is 0 Å². The molecular weight excluding hydrogens is 399 g/mol. The zero-order chi connectivity index (χ0) is 17.1. The van der Waals surface area contributed by atoms with Crippen LogP contribution in [0.5, 0.6) is 0 Å². The summed E-state index contributed by atoms with van der Waals surface area (Å²) in [6.45, 7) is 14.1.